The molecule has 1 fully saturated rings. The first-order valence-corrected chi connectivity index (χ1v) is 10.3. The summed E-state index contributed by atoms with van der Waals surface area (Å²) in [5, 5.41) is 0. The first-order valence-electron chi connectivity index (χ1n) is 9.22. The molecule has 1 amide bonds. The predicted molar refractivity (Wildman–Crippen MR) is 116 cm³/mol. The molecule has 0 spiro atoms. The van der Waals surface area contributed by atoms with E-state index in [9.17, 15) is 4.79 Å². The van der Waals surface area contributed by atoms with E-state index in [1.165, 1.54) is 3.57 Å². The van der Waals surface area contributed by atoms with Crippen molar-refractivity contribution in [2.75, 3.05) is 31.1 Å². The van der Waals surface area contributed by atoms with Gasteiger partial charge >= 0.3 is 6.09 Å². The Morgan fingerprint density at radius 1 is 1.07 bits per heavy atom. The lowest BCUT2D eigenvalue weighted by molar-refractivity contribution is 0.0240. The molecule has 7 nitrogen and oxygen atoms in total. The van der Waals surface area contributed by atoms with Crippen molar-refractivity contribution in [3.63, 3.8) is 0 Å². The molecule has 1 aromatic heterocycles. The Kier molecular flexibility index (Phi) is 6.58. The molecule has 150 valence electrons. The van der Waals surface area contributed by atoms with Crippen LogP contribution in [-0.2, 0) is 11.3 Å². The summed E-state index contributed by atoms with van der Waals surface area (Å²) < 4.78 is 12.4. The third kappa shape index (κ3) is 5.95. The van der Waals surface area contributed by atoms with Crippen LogP contribution >= 0.6 is 22.6 Å². The highest BCUT2D eigenvalue weighted by molar-refractivity contribution is 14.1. The van der Waals surface area contributed by atoms with Crippen LogP contribution < -0.4 is 9.64 Å². The highest BCUT2D eigenvalue weighted by Crippen LogP contribution is 2.17. The van der Waals surface area contributed by atoms with Gasteiger partial charge in [-0.25, -0.2) is 14.8 Å². The van der Waals surface area contributed by atoms with E-state index in [2.05, 4.69) is 49.6 Å². The molecule has 0 radical (unpaired) electrons. The largest absolute Gasteiger partial charge is 0.486 e. The average Bonchev–Trinajstić information content (AvgIpc) is 2.67. The fourth-order valence-electron chi connectivity index (χ4n) is 2.71. The summed E-state index contributed by atoms with van der Waals surface area (Å²) in [5.74, 6) is 1.28. The molecule has 1 aromatic carbocycles. The van der Waals surface area contributed by atoms with Gasteiger partial charge in [-0.3, -0.25) is 0 Å². The molecule has 0 unspecified atom stereocenters. The summed E-state index contributed by atoms with van der Waals surface area (Å²) in [5.41, 5.74) is 0.619. The normalized spacial score (nSPS) is 14.7. The molecular weight excluding hydrogens is 471 g/mol. The average molecular weight is 496 g/mol. The van der Waals surface area contributed by atoms with Gasteiger partial charge in [-0.2, -0.15) is 0 Å². The maximum Gasteiger partial charge on any atom is 0.410 e. The van der Waals surface area contributed by atoms with E-state index in [-0.39, 0.29) is 6.09 Å². The van der Waals surface area contributed by atoms with Crippen molar-refractivity contribution in [2.45, 2.75) is 33.0 Å². The highest BCUT2D eigenvalue weighted by Gasteiger charge is 2.26. The topological polar surface area (TPSA) is 67.8 Å². The van der Waals surface area contributed by atoms with E-state index in [1.54, 1.807) is 17.3 Å². The van der Waals surface area contributed by atoms with E-state index in [1.807, 2.05) is 32.9 Å². The van der Waals surface area contributed by atoms with Gasteiger partial charge in [-0.1, -0.05) is 12.1 Å². The third-order valence-electron chi connectivity index (χ3n) is 4.15. The molecular formula is C20H25IN4O3. The van der Waals surface area contributed by atoms with Gasteiger partial charge in [0.2, 0.25) is 5.95 Å². The minimum Gasteiger partial charge on any atom is -0.486 e. The summed E-state index contributed by atoms with van der Waals surface area (Å²) in [7, 11) is 0. The molecule has 3 rings (SSSR count). The monoisotopic (exact) mass is 496 g/mol. The molecule has 28 heavy (non-hydrogen) atoms. The summed E-state index contributed by atoms with van der Waals surface area (Å²) in [6.45, 7) is 8.61. The molecule has 1 aliphatic rings. The number of hydrogen-bond acceptors (Lipinski definition) is 6. The summed E-state index contributed by atoms with van der Waals surface area (Å²) in [4.78, 5) is 24.8. The second-order valence-electron chi connectivity index (χ2n) is 7.59. The van der Waals surface area contributed by atoms with Crippen LogP contribution in [-0.4, -0.2) is 52.7 Å². The number of halogens is 1. The molecule has 0 bridgehead atoms. The van der Waals surface area contributed by atoms with Crippen LogP contribution in [0.4, 0.5) is 10.7 Å². The fraction of sp³-hybridized carbons (Fsp3) is 0.450. The maximum atomic E-state index is 12.1. The van der Waals surface area contributed by atoms with E-state index in [0.717, 1.165) is 5.56 Å². The number of ether oxygens (including phenoxy) is 2. The van der Waals surface area contributed by atoms with Crippen LogP contribution in [0.5, 0.6) is 5.75 Å². The zero-order chi connectivity index (χ0) is 20.1. The van der Waals surface area contributed by atoms with Crippen LogP contribution in [0.25, 0.3) is 0 Å². The minimum absolute atomic E-state index is 0.271. The van der Waals surface area contributed by atoms with Crippen molar-refractivity contribution in [3.8, 4) is 5.75 Å². The van der Waals surface area contributed by atoms with Crippen LogP contribution in [0.2, 0.25) is 0 Å². The maximum absolute atomic E-state index is 12.1. The summed E-state index contributed by atoms with van der Waals surface area (Å²) >= 11 is 2.28. The Balaban J connectivity index is 1.49. The SMILES string of the molecule is CC(C)(C)OC(=O)N1CCN(c2ncc(OCc3ccc(I)cc3)cn2)CC1. The number of rotatable bonds is 4. The number of nitrogens with zero attached hydrogens (tertiary/aromatic N) is 4. The van der Waals surface area contributed by atoms with Gasteiger partial charge in [-0.15, -0.1) is 0 Å². The second-order valence-corrected chi connectivity index (χ2v) is 8.83. The Hall–Kier alpha value is -2.10. The van der Waals surface area contributed by atoms with E-state index >= 15 is 0 Å². The number of hydrogen-bond donors (Lipinski definition) is 0. The summed E-state index contributed by atoms with van der Waals surface area (Å²) in [6, 6.07) is 8.19. The Labute approximate surface area is 179 Å². The van der Waals surface area contributed by atoms with Crippen LogP contribution in [0.1, 0.15) is 26.3 Å². The van der Waals surface area contributed by atoms with Gasteiger partial charge in [0.05, 0.1) is 12.4 Å². The number of amides is 1. The molecule has 2 heterocycles. The first kappa shape index (κ1) is 20.6. The van der Waals surface area contributed by atoms with Gasteiger partial charge in [0.25, 0.3) is 0 Å². The standard InChI is InChI=1S/C20H25IN4O3/c1-20(2,3)28-19(26)25-10-8-24(9-11-25)18-22-12-17(13-23-18)27-14-15-4-6-16(21)7-5-15/h4-7,12-13H,8-11,14H2,1-3H3. The van der Waals surface area contributed by atoms with Gasteiger partial charge in [0, 0.05) is 29.7 Å². The Morgan fingerprint density at radius 2 is 1.68 bits per heavy atom. The van der Waals surface area contributed by atoms with Crippen molar-refractivity contribution in [1.29, 1.82) is 0 Å². The number of piperazine rings is 1. The van der Waals surface area contributed by atoms with Gasteiger partial charge in [0.1, 0.15) is 12.2 Å². The Morgan fingerprint density at radius 3 is 2.25 bits per heavy atom. The van der Waals surface area contributed by atoms with E-state index in [4.69, 9.17) is 9.47 Å². The number of anilines is 1. The number of aromatic nitrogens is 2. The molecule has 2 aromatic rings. The molecule has 1 aliphatic heterocycles. The van der Waals surface area contributed by atoms with Gasteiger partial charge < -0.3 is 19.3 Å². The van der Waals surface area contributed by atoms with Crippen molar-refractivity contribution in [2.24, 2.45) is 0 Å². The number of carbonyl (C=O) groups is 1. The van der Waals surface area contributed by atoms with Gasteiger partial charge in [0.15, 0.2) is 5.75 Å². The molecule has 0 atom stereocenters. The zero-order valence-corrected chi connectivity index (χ0v) is 18.5. The minimum atomic E-state index is -0.481. The van der Waals surface area contributed by atoms with Crippen LogP contribution in [0.15, 0.2) is 36.7 Å². The van der Waals surface area contributed by atoms with Gasteiger partial charge in [-0.05, 0) is 61.1 Å². The van der Waals surface area contributed by atoms with Crippen molar-refractivity contribution in [3.05, 3.63) is 45.8 Å². The lowest BCUT2D eigenvalue weighted by Crippen LogP contribution is -2.50. The molecule has 0 N–H and O–H groups in total. The first-order chi connectivity index (χ1) is 13.3. The van der Waals surface area contributed by atoms with Crippen LogP contribution in [0.3, 0.4) is 0 Å². The molecule has 1 saturated heterocycles. The lowest BCUT2D eigenvalue weighted by atomic mass is 10.2. The second kappa shape index (κ2) is 8.93. The summed E-state index contributed by atoms with van der Waals surface area (Å²) in [6.07, 6.45) is 3.11. The van der Waals surface area contributed by atoms with Crippen molar-refractivity contribution < 1.29 is 14.3 Å². The third-order valence-corrected chi connectivity index (χ3v) is 4.87. The quantitative estimate of drug-likeness (QED) is 0.602. The van der Waals surface area contributed by atoms with Crippen LogP contribution in [0, 0.1) is 3.57 Å². The number of benzene rings is 1. The zero-order valence-electron chi connectivity index (χ0n) is 16.4. The number of carbonyl (C=O) groups excluding carboxylic acids is 1. The molecule has 0 saturated carbocycles. The van der Waals surface area contributed by atoms with Crippen molar-refractivity contribution in [1.82, 2.24) is 14.9 Å². The predicted octanol–water partition coefficient (Wildman–Crippen LogP) is 3.72. The highest BCUT2D eigenvalue weighted by atomic mass is 127. The van der Waals surface area contributed by atoms with E-state index in [0.29, 0.717) is 44.5 Å². The lowest BCUT2D eigenvalue weighted by Gasteiger charge is -2.35. The Bertz CT molecular complexity index is 783. The molecule has 8 heteroatoms. The fourth-order valence-corrected chi connectivity index (χ4v) is 3.07. The van der Waals surface area contributed by atoms with E-state index < -0.39 is 5.60 Å². The molecule has 0 aliphatic carbocycles. The van der Waals surface area contributed by atoms with Crippen molar-refractivity contribution >= 4 is 34.6 Å². The smallest absolute Gasteiger partial charge is 0.410 e.